The van der Waals surface area contributed by atoms with Crippen LogP contribution in [0.5, 0.6) is 0 Å². The average Bonchev–Trinajstić information content (AvgIpc) is 2.92. The number of rotatable bonds is 5. The van der Waals surface area contributed by atoms with E-state index in [-0.39, 0.29) is 5.91 Å². The Morgan fingerprint density at radius 1 is 1.60 bits per heavy atom. The standard InChI is InChI=1S/C11H17N3O/c12-8-10-2-1-6-14(10)7-5-11(15)13-9-3-4-9/h1-2,6,9H,3-5,7-8,12H2,(H,13,15). The van der Waals surface area contributed by atoms with Crippen LogP contribution < -0.4 is 11.1 Å². The summed E-state index contributed by atoms with van der Waals surface area (Å²) < 4.78 is 2.03. The van der Waals surface area contributed by atoms with Crippen LogP contribution in [0.25, 0.3) is 0 Å². The van der Waals surface area contributed by atoms with E-state index >= 15 is 0 Å². The van der Waals surface area contributed by atoms with Crippen molar-refractivity contribution in [3.8, 4) is 0 Å². The Morgan fingerprint density at radius 2 is 2.40 bits per heavy atom. The average molecular weight is 207 g/mol. The molecule has 3 N–H and O–H groups in total. The number of carbonyl (C=O) groups excluding carboxylic acids is 1. The van der Waals surface area contributed by atoms with E-state index in [0.29, 0.717) is 19.0 Å². The van der Waals surface area contributed by atoms with Crippen molar-refractivity contribution in [1.29, 1.82) is 0 Å². The molecule has 1 aliphatic rings. The maximum Gasteiger partial charge on any atom is 0.222 e. The summed E-state index contributed by atoms with van der Waals surface area (Å²) in [6, 6.07) is 4.40. The third kappa shape index (κ3) is 2.83. The summed E-state index contributed by atoms with van der Waals surface area (Å²) in [7, 11) is 0. The molecule has 0 spiro atoms. The third-order valence-corrected chi connectivity index (χ3v) is 2.65. The summed E-state index contributed by atoms with van der Waals surface area (Å²) >= 11 is 0. The van der Waals surface area contributed by atoms with Crippen molar-refractivity contribution in [3.05, 3.63) is 24.0 Å². The molecule has 1 aromatic heterocycles. The predicted molar refractivity (Wildman–Crippen MR) is 58.1 cm³/mol. The van der Waals surface area contributed by atoms with Gasteiger partial charge in [0.1, 0.15) is 0 Å². The van der Waals surface area contributed by atoms with E-state index in [2.05, 4.69) is 5.32 Å². The molecule has 2 rings (SSSR count). The van der Waals surface area contributed by atoms with Gasteiger partial charge in [-0.05, 0) is 25.0 Å². The van der Waals surface area contributed by atoms with Crippen molar-refractivity contribution >= 4 is 5.91 Å². The molecule has 0 saturated heterocycles. The molecule has 0 aliphatic heterocycles. The minimum absolute atomic E-state index is 0.147. The number of nitrogens with one attached hydrogen (secondary N) is 1. The van der Waals surface area contributed by atoms with Crippen LogP contribution in [-0.2, 0) is 17.9 Å². The summed E-state index contributed by atoms with van der Waals surface area (Å²) in [5.41, 5.74) is 6.65. The first-order valence-electron chi connectivity index (χ1n) is 5.43. The zero-order valence-corrected chi connectivity index (χ0v) is 8.78. The monoisotopic (exact) mass is 207 g/mol. The van der Waals surface area contributed by atoms with Gasteiger partial charge >= 0.3 is 0 Å². The first-order valence-corrected chi connectivity index (χ1v) is 5.43. The second-order valence-electron chi connectivity index (χ2n) is 3.99. The van der Waals surface area contributed by atoms with Crippen LogP contribution in [0.1, 0.15) is 25.0 Å². The highest BCUT2D eigenvalue weighted by atomic mass is 16.1. The lowest BCUT2D eigenvalue weighted by molar-refractivity contribution is -0.121. The zero-order chi connectivity index (χ0) is 10.7. The molecule has 0 aromatic carbocycles. The molecular weight excluding hydrogens is 190 g/mol. The lowest BCUT2D eigenvalue weighted by atomic mass is 10.3. The molecule has 1 saturated carbocycles. The molecular formula is C11H17N3O. The number of aromatic nitrogens is 1. The highest BCUT2D eigenvalue weighted by Gasteiger charge is 2.22. The van der Waals surface area contributed by atoms with Crippen LogP contribution in [0.3, 0.4) is 0 Å². The van der Waals surface area contributed by atoms with Crippen molar-refractivity contribution in [2.75, 3.05) is 0 Å². The van der Waals surface area contributed by atoms with Crippen molar-refractivity contribution in [2.45, 2.75) is 38.4 Å². The molecule has 15 heavy (non-hydrogen) atoms. The lowest BCUT2D eigenvalue weighted by Crippen LogP contribution is -2.26. The van der Waals surface area contributed by atoms with E-state index in [9.17, 15) is 4.79 Å². The summed E-state index contributed by atoms with van der Waals surface area (Å²) in [5, 5.41) is 2.97. The predicted octanol–water partition coefficient (Wildman–Crippen LogP) is 0.615. The number of amides is 1. The number of nitrogens with zero attached hydrogens (tertiary/aromatic N) is 1. The molecule has 1 amide bonds. The Hall–Kier alpha value is -1.29. The van der Waals surface area contributed by atoms with Gasteiger partial charge in [-0.3, -0.25) is 4.79 Å². The van der Waals surface area contributed by atoms with E-state index in [0.717, 1.165) is 25.1 Å². The molecule has 1 aromatic rings. The van der Waals surface area contributed by atoms with Crippen LogP contribution in [-0.4, -0.2) is 16.5 Å². The van der Waals surface area contributed by atoms with E-state index in [1.807, 2.05) is 22.9 Å². The maximum atomic E-state index is 11.4. The summed E-state index contributed by atoms with van der Waals surface area (Å²) in [4.78, 5) is 11.4. The number of hydrogen-bond acceptors (Lipinski definition) is 2. The number of carbonyl (C=O) groups is 1. The van der Waals surface area contributed by atoms with Gasteiger partial charge in [-0.2, -0.15) is 0 Å². The highest BCUT2D eigenvalue weighted by Crippen LogP contribution is 2.18. The van der Waals surface area contributed by atoms with Crippen LogP contribution in [0.15, 0.2) is 18.3 Å². The molecule has 4 nitrogen and oxygen atoms in total. The Bertz CT molecular complexity index is 341. The molecule has 0 bridgehead atoms. The van der Waals surface area contributed by atoms with E-state index < -0.39 is 0 Å². The number of hydrogen-bond donors (Lipinski definition) is 2. The van der Waals surface area contributed by atoms with Gasteiger partial charge in [0.2, 0.25) is 5.91 Å². The Kier molecular flexibility index (Phi) is 3.06. The van der Waals surface area contributed by atoms with Crippen molar-refractivity contribution in [1.82, 2.24) is 9.88 Å². The molecule has 0 unspecified atom stereocenters. The largest absolute Gasteiger partial charge is 0.353 e. The molecule has 1 fully saturated rings. The highest BCUT2D eigenvalue weighted by molar-refractivity contribution is 5.76. The first kappa shape index (κ1) is 10.2. The van der Waals surface area contributed by atoms with Gasteiger partial charge in [-0.25, -0.2) is 0 Å². The fourth-order valence-corrected chi connectivity index (χ4v) is 1.60. The van der Waals surface area contributed by atoms with Crippen molar-refractivity contribution < 1.29 is 4.79 Å². The SMILES string of the molecule is NCc1cccn1CCC(=O)NC1CC1. The van der Waals surface area contributed by atoms with E-state index in [4.69, 9.17) is 5.73 Å². The second-order valence-corrected chi connectivity index (χ2v) is 3.99. The van der Waals surface area contributed by atoms with Crippen molar-refractivity contribution in [2.24, 2.45) is 5.73 Å². The van der Waals surface area contributed by atoms with Gasteiger partial charge in [0.25, 0.3) is 0 Å². The van der Waals surface area contributed by atoms with E-state index in [1.165, 1.54) is 0 Å². The van der Waals surface area contributed by atoms with Crippen LogP contribution in [0.2, 0.25) is 0 Å². The smallest absolute Gasteiger partial charge is 0.222 e. The molecule has 82 valence electrons. The Labute approximate surface area is 89.5 Å². The van der Waals surface area contributed by atoms with Crippen molar-refractivity contribution in [3.63, 3.8) is 0 Å². The fourth-order valence-electron chi connectivity index (χ4n) is 1.60. The lowest BCUT2D eigenvalue weighted by Gasteiger charge is -2.07. The molecule has 1 heterocycles. The quantitative estimate of drug-likeness (QED) is 0.743. The van der Waals surface area contributed by atoms with Gasteiger partial charge in [0.15, 0.2) is 0 Å². The van der Waals surface area contributed by atoms with Gasteiger partial charge < -0.3 is 15.6 Å². The zero-order valence-electron chi connectivity index (χ0n) is 8.78. The fraction of sp³-hybridized carbons (Fsp3) is 0.545. The summed E-state index contributed by atoms with van der Waals surface area (Å²) in [6.07, 6.45) is 4.79. The second kappa shape index (κ2) is 4.49. The molecule has 0 atom stereocenters. The topological polar surface area (TPSA) is 60.0 Å². The number of nitrogens with two attached hydrogens (primary N) is 1. The van der Waals surface area contributed by atoms with Gasteiger partial charge in [0, 0.05) is 37.4 Å². The maximum absolute atomic E-state index is 11.4. The van der Waals surface area contributed by atoms with Crippen LogP contribution in [0, 0.1) is 0 Å². The Morgan fingerprint density at radius 3 is 3.07 bits per heavy atom. The molecule has 4 heteroatoms. The van der Waals surface area contributed by atoms with Crippen LogP contribution in [0.4, 0.5) is 0 Å². The molecule has 0 radical (unpaired) electrons. The van der Waals surface area contributed by atoms with Crippen LogP contribution >= 0.6 is 0 Å². The normalized spacial score (nSPS) is 15.3. The summed E-state index contributed by atoms with van der Waals surface area (Å²) in [6.45, 7) is 1.25. The summed E-state index contributed by atoms with van der Waals surface area (Å²) in [5.74, 6) is 0.147. The minimum Gasteiger partial charge on any atom is -0.353 e. The third-order valence-electron chi connectivity index (χ3n) is 2.65. The van der Waals surface area contributed by atoms with Gasteiger partial charge in [-0.1, -0.05) is 0 Å². The van der Waals surface area contributed by atoms with Gasteiger partial charge in [-0.15, -0.1) is 0 Å². The van der Waals surface area contributed by atoms with E-state index in [1.54, 1.807) is 0 Å². The van der Waals surface area contributed by atoms with Gasteiger partial charge in [0.05, 0.1) is 0 Å². The number of aryl methyl sites for hydroxylation is 1. The molecule has 1 aliphatic carbocycles. The minimum atomic E-state index is 0.147. The first-order chi connectivity index (χ1) is 7.29. The Balaban J connectivity index is 1.78.